The third-order valence-electron chi connectivity index (χ3n) is 3.20. The third-order valence-corrected chi connectivity index (χ3v) is 5.95. The second-order valence-corrected chi connectivity index (χ2v) is 7.67. The third kappa shape index (κ3) is 4.45. The van der Waals surface area contributed by atoms with Gasteiger partial charge < -0.3 is 10.1 Å². The molecule has 0 bridgehead atoms. The average molecular weight is 300 g/mol. The van der Waals surface area contributed by atoms with Crippen LogP contribution in [0.15, 0.2) is 0 Å². The van der Waals surface area contributed by atoms with Gasteiger partial charge in [0.05, 0.1) is 17.6 Å². The molecule has 1 aromatic rings. The molecule has 1 aliphatic heterocycles. The van der Waals surface area contributed by atoms with E-state index in [1.54, 1.807) is 7.11 Å². The first-order valence-electron chi connectivity index (χ1n) is 7.03. The summed E-state index contributed by atoms with van der Waals surface area (Å²) in [6.45, 7) is 5.89. The van der Waals surface area contributed by atoms with Crippen molar-refractivity contribution in [3.8, 4) is 0 Å². The Morgan fingerprint density at radius 2 is 2.26 bits per heavy atom. The minimum absolute atomic E-state index is 0.505. The number of thiazole rings is 1. The highest BCUT2D eigenvalue weighted by molar-refractivity contribution is 7.99. The van der Waals surface area contributed by atoms with Gasteiger partial charge in [-0.2, -0.15) is 11.8 Å². The number of hydrogen-bond donors (Lipinski definition) is 1. The molecule has 1 aliphatic rings. The number of ether oxygens (including phenoxy) is 1. The normalized spacial score (nSPS) is 20.1. The van der Waals surface area contributed by atoms with Crippen molar-refractivity contribution < 1.29 is 4.74 Å². The Hall–Kier alpha value is -0.100. The lowest BCUT2D eigenvalue weighted by Crippen LogP contribution is -2.21. The zero-order valence-electron chi connectivity index (χ0n) is 12.1. The maximum absolute atomic E-state index is 5.29. The Balaban J connectivity index is 2.08. The van der Waals surface area contributed by atoms with Gasteiger partial charge in [-0.15, -0.1) is 11.3 Å². The Bertz CT molecular complexity index is 387. The highest BCUT2D eigenvalue weighted by Crippen LogP contribution is 2.40. The summed E-state index contributed by atoms with van der Waals surface area (Å²) in [5.74, 6) is 1.28. The fourth-order valence-electron chi connectivity index (χ4n) is 2.16. The molecule has 1 aromatic heterocycles. The number of methoxy groups -OCH3 is 1. The van der Waals surface area contributed by atoms with Gasteiger partial charge in [-0.05, 0) is 18.6 Å². The van der Waals surface area contributed by atoms with Gasteiger partial charge in [0.2, 0.25) is 0 Å². The van der Waals surface area contributed by atoms with E-state index < -0.39 is 0 Å². The van der Waals surface area contributed by atoms with Crippen LogP contribution in [0.5, 0.6) is 0 Å². The van der Waals surface area contributed by atoms with Gasteiger partial charge in [0, 0.05) is 24.6 Å². The number of nitrogens with one attached hydrogen (secondary N) is 1. The first-order chi connectivity index (χ1) is 9.20. The minimum atomic E-state index is 0.505. The zero-order valence-corrected chi connectivity index (χ0v) is 13.7. The fourth-order valence-corrected chi connectivity index (χ4v) is 4.73. The first-order valence-corrected chi connectivity index (χ1v) is 8.89. The van der Waals surface area contributed by atoms with Crippen LogP contribution >= 0.6 is 23.1 Å². The molecular weight excluding hydrogens is 276 g/mol. The van der Waals surface area contributed by atoms with E-state index in [0.29, 0.717) is 17.9 Å². The summed E-state index contributed by atoms with van der Waals surface area (Å²) in [5.41, 5.74) is 1.13. The topological polar surface area (TPSA) is 34.1 Å². The van der Waals surface area contributed by atoms with E-state index in [0.717, 1.165) is 12.2 Å². The van der Waals surface area contributed by atoms with E-state index in [4.69, 9.17) is 9.72 Å². The molecule has 3 nitrogen and oxygen atoms in total. The lowest BCUT2D eigenvalue weighted by atomic mass is 10.2. The molecule has 108 valence electrons. The van der Waals surface area contributed by atoms with Gasteiger partial charge in [-0.1, -0.05) is 20.3 Å². The van der Waals surface area contributed by atoms with Gasteiger partial charge in [0.1, 0.15) is 5.01 Å². The Morgan fingerprint density at radius 1 is 1.42 bits per heavy atom. The highest BCUT2D eigenvalue weighted by Gasteiger charge is 2.21. The lowest BCUT2D eigenvalue weighted by Gasteiger charge is -2.18. The molecule has 0 amide bonds. The predicted octanol–water partition coefficient (Wildman–Crippen LogP) is 3.75. The molecule has 19 heavy (non-hydrogen) atoms. The summed E-state index contributed by atoms with van der Waals surface area (Å²) in [7, 11) is 1.74. The molecule has 1 saturated heterocycles. The van der Waals surface area contributed by atoms with Crippen molar-refractivity contribution in [3.05, 3.63) is 15.6 Å². The summed E-state index contributed by atoms with van der Waals surface area (Å²) < 4.78 is 5.29. The summed E-state index contributed by atoms with van der Waals surface area (Å²) in [5, 5.41) is 5.40. The molecule has 0 spiro atoms. The van der Waals surface area contributed by atoms with E-state index >= 15 is 0 Å². The maximum Gasteiger partial charge on any atom is 0.106 e. The zero-order chi connectivity index (χ0) is 13.7. The second kappa shape index (κ2) is 7.62. The monoisotopic (exact) mass is 300 g/mol. The Kier molecular flexibility index (Phi) is 6.13. The summed E-state index contributed by atoms with van der Waals surface area (Å²) >= 11 is 3.94. The second-order valence-electron chi connectivity index (χ2n) is 5.25. The van der Waals surface area contributed by atoms with E-state index in [1.807, 2.05) is 11.3 Å². The highest BCUT2D eigenvalue weighted by atomic mass is 32.2. The van der Waals surface area contributed by atoms with Crippen LogP contribution in [0.1, 0.15) is 53.9 Å². The van der Waals surface area contributed by atoms with Crippen LogP contribution in [0.25, 0.3) is 0 Å². The van der Waals surface area contributed by atoms with Gasteiger partial charge in [0.25, 0.3) is 0 Å². The van der Waals surface area contributed by atoms with E-state index in [-0.39, 0.29) is 0 Å². The van der Waals surface area contributed by atoms with Gasteiger partial charge in [-0.25, -0.2) is 4.98 Å². The van der Waals surface area contributed by atoms with E-state index in [9.17, 15) is 0 Å². The number of nitrogens with zero attached hydrogens (tertiary/aromatic N) is 1. The number of thioether (sulfide) groups is 1. The molecular formula is C14H24N2OS2. The van der Waals surface area contributed by atoms with Crippen molar-refractivity contribution in [2.24, 2.45) is 0 Å². The summed E-state index contributed by atoms with van der Waals surface area (Å²) in [6, 6.07) is 0.505. The molecule has 1 fully saturated rings. The predicted molar refractivity (Wildman–Crippen MR) is 83.9 cm³/mol. The van der Waals surface area contributed by atoms with Crippen molar-refractivity contribution in [1.82, 2.24) is 10.3 Å². The van der Waals surface area contributed by atoms with Crippen molar-refractivity contribution in [1.29, 1.82) is 0 Å². The molecule has 2 heterocycles. The smallest absolute Gasteiger partial charge is 0.106 e. The van der Waals surface area contributed by atoms with Crippen molar-refractivity contribution >= 4 is 23.1 Å². The van der Waals surface area contributed by atoms with Crippen LogP contribution in [-0.4, -0.2) is 23.9 Å². The van der Waals surface area contributed by atoms with Gasteiger partial charge in [0.15, 0.2) is 0 Å². The van der Waals surface area contributed by atoms with Crippen LogP contribution < -0.4 is 5.32 Å². The van der Waals surface area contributed by atoms with Crippen molar-refractivity contribution in [2.45, 2.75) is 57.6 Å². The lowest BCUT2D eigenvalue weighted by molar-refractivity contribution is 0.181. The molecule has 0 saturated carbocycles. The van der Waals surface area contributed by atoms with Gasteiger partial charge in [-0.3, -0.25) is 0 Å². The minimum Gasteiger partial charge on any atom is -0.378 e. The van der Waals surface area contributed by atoms with E-state index in [2.05, 4.69) is 30.9 Å². The fraction of sp³-hybridized carbons (Fsp3) is 0.786. The van der Waals surface area contributed by atoms with Gasteiger partial charge >= 0.3 is 0 Å². The quantitative estimate of drug-likeness (QED) is 0.867. The summed E-state index contributed by atoms with van der Waals surface area (Å²) in [4.78, 5) is 6.18. The Labute approximate surface area is 124 Å². The number of hydrogen-bond acceptors (Lipinski definition) is 5. The largest absolute Gasteiger partial charge is 0.378 e. The van der Waals surface area contributed by atoms with E-state index in [1.165, 1.54) is 34.9 Å². The maximum atomic E-state index is 5.29. The van der Waals surface area contributed by atoms with Crippen LogP contribution in [-0.2, 0) is 17.9 Å². The number of rotatable bonds is 6. The summed E-state index contributed by atoms with van der Waals surface area (Å²) in [6.07, 6.45) is 3.98. The molecule has 2 rings (SSSR count). The molecule has 0 radical (unpaired) electrons. The molecule has 1 N–H and O–H groups in total. The SMILES string of the molecule is COCc1nc(C2CCCCS2)sc1CNC(C)C. The standard InChI is InChI=1S/C14H24N2OS2/c1-10(2)15-8-13-11(9-17-3)16-14(19-13)12-6-4-5-7-18-12/h10,12,15H,4-9H2,1-3H3. The molecule has 0 aliphatic carbocycles. The molecule has 5 heteroatoms. The molecule has 1 unspecified atom stereocenters. The van der Waals surface area contributed by atoms with Crippen LogP contribution in [0, 0.1) is 0 Å². The van der Waals surface area contributed by atoms with Crippen LogP contribution in [0.2, 0.25) is 0 Å². The van der Waals surface area contributed by atoms with Crippen LogP contribution in [0.3, 0.4) is 0 Å². The first kappa shape index (κ1) is 15.3. The van der Waals surface area contributed by atoms with Crippen molar-refractivity contribution in [2.75, 3.05) is 12.9 Å². The molecule has 1 atom stereocenters. The van der Waals surface area contributed by atoms with Crippen molar-refractivity contribution in [3.63, 3.8) is 0 Å². The average Bonchev–Trinajstić information content (AvgIpc) is 2.81. The number of aromatic nitrogens is 1. The van der Waals surface area contributed by atoms with Crippen LogP contribution in [0.4, 0.5) is 0 Å². The molecule has 0 aromatic carbocycles. The Morgan fingerprint density at radius 3 is 2.89 bits per heavy atom.